The summed E-state index contributed by atoms with van der Waals surface area (Å²) < 4.78 is 32.9. The number of furan rings is 1. The molecule has 9 nitrogen and oxygen atoms in total. The molecule has 0 radical (unpaired) electrons. The Morgan fingerprint density at radius 2 is 1.82 bits per heavy atom. The van der Waals surface area contributed by atoms with Crippen LogP contribution < -0.4 is 10.2 Å². The number of benzene rings is 1. The van der Waals surface area contributed by atoms with E-state index in [9.17, 15) is 18.0 Å². The monoisotopic (exact) mass is 490 g/mol. The largest absolute Gasteiger partial charge is 0.467 e. The van der Waals surface area contributed by atoms with Gasteiger partial charge < -0.3 is 19.5 Å². The molecular weight excluding hydrogens is 456 g/mol. The first-order valence-electron chi connectivity index (χ1n) is 11.7. The van der Waals surface area contributed by atoms with Gasteiger partial charge in [0, 0.05) is 39.1 Å². The quantitative estimate of drug-likeness (QED) is 0.519. The molecule has 0 aliphatic carbocycles. The van der Waals surface area contributed by atoms with Gasteiger partial charge in [0.2, 0.25) is 21.8 Å². The number of anilines is 2. The molecule has 1 fully saturated rings. The zero-order valence-corrected chi connectivity index (χ0v) is 21.1. The minimum absolute atomic E-state index is 0.102. The van der Waals surface area contributed by atoms with Gasteiger partial charge >= 0.3 is 0 Å². The number of carbonyl (C=O) groups excluding carboxylic acids is 2. The third kappa shape index (κ3) is 5.44. The van der Waals surface area contributed by atoms with Crippen LogP contribution in [0.1, 0.15) is 39.9 Å². The third-order valence-electron chi connectivity index (χ3n) is 6.19. The molecule has 1 atom stereocenters. The highest BCUT2D eigenvalue weighted by Crippen LogP contribution is 2.31. The van der Waals surface area contributed by atoms with Gasteiger partial charge in [-0.2, -0.15) is 4.31 Å². The van der Waals surface area contributed by atoms with Crippen molar-refractivity contribution in [1.29, 1.82) is 0 Å². The summed E-state index contributed by atoms with van der Waals surface area (Å²) in [5.74, 6) is -0.290. The molecule has 2 heterocycles. The van der Waals surface area contributed by atoms with Crippen LogP contribution in [0.25, 0.3) is 0 Å². The molecule has 1 aliphatic heterocycles. The molecule has 2 amide bonds. The van der Waals surface area contributed by atoms with Gasteiger partial charge in [-0.05, 0) is 44.2 Å². The maximum absolute atomic E-state index is 13.2. The second-order valence-corrected chi connectivity index (χ2v) is 10.1. The Morgan fingerprint density at radius 1 is 1.12 bits per heavy atom. The third-order valence-corrected chi connectivity index (χ3v) is 8.23. The summed E-state index contributed by atoms with van der Waals surface area (Å²) >= 11 is 0. The van der Waals surface area contributed by atoms with Crippen LogP contribution in [0.15, 0.2) is 45.9 Å². The average molecular weight is 491 g/mol. The Balaban J connectivity index is 1.86. The second kappa shape index (κ2) is 11.1. The number of hydrogen-bond acceptors (Lipinski definition) is 6. The highest BCUT2D eigenvalue weighted by atomic mass is 32.2. The minimum Gasteiger partial charge on any atom is -0.467 e. The van der Waals surface area contributed by atoms with Gasteiger partial charge in [0.05, 0.1) is 35.0 Å². The number of nitrogens with zero attached hydrogens (tertiary/aromatic N) is 3. The van der Waals surface area contributed by atoms with E-state index in [-0.39, 0.29) is 29.7 Å². The molecule has 1 aromatic carbocycles. The zero-order valence-electron chi connectivity index (χ0n) is 20.3. The predicted octanol–water partition coefficient (Wildman–Crippen LogP) is 3.14. The van der Waals surface area contributed by atoms with Crippen molar-refractivity contribution in [3.8, 4) is 0 Å². The Labute approximate surface area is 201 Å². The molecule has 34 heavy (non-hydrogen) atoms. The lowest BCUT2D eigenvalue weighted by molar-refractivity contribution is -0.128. The number of nitrogens with one attached hydrogen (secondary N) is 1. The predicted molar refractivity (Wildman–Crippen MR) is 131 cm³/mol. The van der Waals surface area contributed by atoms with Crippen LogP contribution in [0, 0.1) is 5.92 Å². The van der Waals surface area contributed by atoms with E-state index in [2.05, 4.69) is 5.32 Å². The van der Waals surface area contributed by atoms with Crippen LogP contribution in [-0.2, 0) is 26.2 Å². The molecule has 0 bridgehead atoms. The maximum Gasteiger partial charge on any atom is 0.243 e. The van der Waals surface area contributed by atoms with Gasteiger partial charge in [-0.1, -0.05) is 13.8 Å². The normalized spacial score (nSPS) is 16.3. The second-order valence-electron chi connectivity index (χ2n) is 8.18. The van der Waals surface area contributed by atoms with Gasteiger partial charge in [0.25, 0.3) is 0 Å². The fourth-order valence-electron chi connectivity index (χ4n) is 4.25. The van der Waals surface area contributed by atoms with Crippen molar-refractivity contribution in [3.63, 3.8) is 0 Å². The van der Waals surface area contributed by atoms with Crippen LogP contribution in [0.2, 0.25) is 0 Å². The summed E-state index contributed by atoms with van der Waals surface area (Å²) in [6.45, 7) is 10.3. The van der Waals surface area contributed by atoms with E-state index in [1.165, 1.54) is 10.4 Å². The highest BCUT2D eigenvalue weighted by Gasteiger charge is 2.35. The molecule has 1 saturated heterocycles. The molecule has 1 aromatic heterocycles. The summed E-state index contributed by atoms with van der Waals surface area (Å²) in [5.41, 5.74) is 1.17. The van der Waals surface area contributed by atoms with Crippen LogP contribution in [0.5, 0.6) is 0 Å². The summed E-state index contributed by atoms with van der Waals surface area (Å²) in [6, 6.07) is 8.40. The number of rotatable bonds is 11. The van der Waals surface area contributed by atoms with Gasteiger partial charge in [0.15, 0.2) is 0 Å². The zero-order chi connectivity index (χ0) is 24.9. The molecular formula is C24H34N4O5S. The van der Waals surface area contributed by atoms with Gasteiger partial charge in [0.1, 0.15) is 5.76 Å². The lowest BCUT2D eigenvalue weighted by Crippen LogP contribution is -2.31. The smallest absolute Gasteiger partial charge is 0.243 e. The van der Waals surface area contributed by atoms with E-state index in [0.717, 1.165) is 5.69 Å². The van der Waals surface area contributed by atoms with Crippen molar-refractivity contribution in [2.75, 3.05) is 42.9 Å². The standard InChI is InChI=1S/C24H34N4O5S/c1-5-26(6-2)22-12-11-20(34(31,32)28(7-3)8-4)15-21(22)25-24(30)18-14-23(29)27(16-18)17-19-10-9-13-33-19/h9-13,15,18H,5-8,14,16-17H2,1-4H3,(H,25,30). The molecule has 0 spiro atoms. The van der Waals surface area contributed by atoms with E-state index in [1.807, 2.05) is 18.7 Å². The SMILES string of the molecule is CCN(CC)c1ccc(S(=O)(=O)N(CC)CC)cc1NC(=O)C1CC(=O)N(Cc2ccco2)C1. The first-order valence-corrected chi connectivity index (χ1v) is 13.2. The topological polar surface area (TPSA) is 103 Å². The van der Waals surface area contributed by atoms with E-state index >= 15 is 0 Å². The Bertz CT molecular complexity index is 1090. The maximum atomic E-state index is 13.2. The number of likely N-dealkylation sites (tertiary alicyclic amines) is 1. The molecule has 1 unspecified atom stereocenters. The fourth-order valence-corrected chi connectivity index (χ4v) is 5.74. The molecule has 2 aromatic rings. The first-order chi connectivity index (χ1) is 16.2. The Morgan fingerprint density at radius 3 is 2.41 bits per heavy atom. The molecule has 1 aliphatic rings. The summed E-state index contributed by atoms with van der Waals surface area (Å²) in [5, 5.41) is 2.92. The highest BCUT2D eigenvalue weighted by molar-refractivity contribution is 7.89. The van der Waals surface area contributed by atoms with Crippen molar-refractivity contribution in [2.45, 2.75) is 45.6 Å². The Hall–Kier alpha value is -2.85. The molecule has 3 rings (SSSR count). The fraction of sp³-hybridized carbons (Fsp3) is 0.500. The number of amides is 2. The van der Waals surface area contributed by atoms with E-state index in [4.69, 9.17) is 4.42 Å². The molecule has 1 N–H and O–H groups in total. The molecule has 10 heteroatoms. The van der Waals surface area contributed by atoms with Crippen molar-refractivity contribution < 1.29 is 22.4 Å². The summed E-state index contributed by atoms with van der Waals surface area (Å²) in [7, 11) is -3.69. The molecule has 0 saturated carbocycles. The molecule has 186 valence electrons. The number of sulfonamides is 1. The Kier molecular flexibility index (Phi) is 8.37. The van der Waals surface area contributed by atoms with Crippen LogP contribution in [-0.4, -0.2) is 62.2 Å². The van der Waals surface area contributed by atoms with E-state index in [1.54, 1.807) is 49.3 Å². The van der Waals surface area contributed by atoms with Gasteiger partial charge in [-0.3, -0.25) is 9.59 Å². The average Bonchev–Trinajstić information content (AvgIpc) is 3.46. The van der Waals surface area contributed by atoms with Crippen molar-refractivity contribution >= 4 is 33.2 Å². The first kappa shape index (κ1) is 25.8. The van der Waals surface area contributed by atoms with E-state index < -0.39 is 15.9 Å². The van der Waals surface area contributed by atoms with Crippen molar-refractivity contribution in [2.24, 2.45) is 5.92 Å². The van der Waals surface area contributed by atoms with Gasteiger partial charge in [-0.15, -0.1) is 0 Å². The van der Waals surface area contributed by atoms with Crippen molar-refractivity contribution in [3.05, 3.63) is 42.4 Å². The summed E-state index contributed by atoms with van der Waals surface area (Å²) in [4.78, 5) is 29.4. The number of hydrogen-bond donors (Lipinski definition) is 1. The minimum atomic E-state index is -3.69. The van der Waals surface area contributed by atoms with Crippen LogP contribution in [0.4, 0.5) is 11.4 Å². The van der Waals surface area contributed by atoms with Gasteiger partial charge in [-0.25, -0.2) is 8.42 Å². The van der Waals surface area contributed by atoms with Crippen LogP contribution in [0.3, 0.4) is 0 Å². The van der Waals surface area contributed by atoms with E-state index in [0.29, 0.717) is 44.2 Å². The lowest BCUT2D eigenvalue weighted by atomic mass is 10.1. The number of carbonyl (C=O) groups is 2. The van der Waals surface area contributed by atoms with Crippen molar-refractivity contribution in [1.82, 2.24) is 9.21 Å². The van der Waals surface area contributed by atoms with Crippen LogP contribution >= 0.6 is 0 Å². The summed E-state index contributed by atoms with van der Waals surface area (Å²) in [6.07, 6.45) is 1.65. The lowest BCUT2D eigenvalue weighted by Gasteiger charge is -2.26.